The van der Waals surface area contributed by atoms with Crippen molar-refractivity contribution in [3.8, 4) is 0 Å². The lowest BCUT2D eigenvalue weighted by atomic mass is 10.0. The largest absolute Gasteiger partial charge is 0.362 e. The van der Waals surface area contributed by atoms with Gasteiger partial charge in [0.2, 0.25) is 0 Å². The second-order valence-electron chi connectivity index (χ2n) is 8.35. The van der Waals surface area contributed by atoms with Gasteiger partial charge in [-0.1, -0.05) is 42.5 Å². The Hall–Kier alpha value is -3.51. The van der Waals surface area contributed by atoms with Gasteiger partial charge in [0.05, 0.1) is 6.54 Å². The number of rotatable bonds is 7. The van der Waals surface area contributed by atoms with Crippen molar-refractivity contribution in [1.82, 2.24) is 20.2 Å². The predicted octanol–water partition coefficient (Wildman–Crippen LogP) is 4.66. The zero-order valence-electron chi connectivity index (χ0n) is 19.0. The van der Waals surface area contributed by atoms with Gasteiger partial charge in [-0.25, -0.2) is 0 Å². The fraction of sp³-hybridized carbons (Fsp3) is 0.222. The SMILES string of the molecule is Cc1cc(C)c2cc(CN(Cc3cccnc3)C(=S)NCCc3ccccc3)c(=O)[nH]c2c1. The van der Waals surface area contributed by atoms with Crippen LogP contribution in [-0.2, 0) is 19.5 Å². The first-order chi connectivity index (χ1) is 16.0. The molecule has 5 nitrogen and oxygen atoms in total. The van der Waals surface area contributed by atoms with Crippen molar-refractivity contribution in [1.29, 1.82) is 0 Å². The molecule has 168 valence electrons. The smallest absolute Gasteiger partial charge is 0.253 e. The van der Waals surface area contributed by atoms with Crippen LogP contribution in [0, 0.1) is 13.8 Å². The lowest BCUT2D eigenvalue weighted by molar-refractivity contribution is 0.397. The van der Waals surface area contributed by atoms with E-state index >= 15 is 0 Å². The van der Waals surface area contributed by atoms with Crippen LogP contribution in [0.4, 0.5) is 0 Å². The second-order valence-corrected chi connectivity index (χ2v) is 8.74. The second kappa shape index (κ2) is 10.4. The first-order valence-electron chi connectivity index (χ1n) is 11.1. The summed E-state index contributed by atoms with van der Waals surface area (Å²) < 4.78 is 0. The van der Waals surface area contributed by atoms with Crippen molar-refractivity contribution in [2.45, 2.75) is 33.4 Å². The van der Waals surface area contributed by atoms with Gasteiger partial charge in [-0.05, 0) is 72.9 Å². The third-order valence-electron chi connectivity index (χ3n) is 5.67. The van der Waals surface area contributed by atoms with Crippen molar-refractivity contribution in [2.75, 3.05) is 6.54 Å². The lowest BCUT2D eigenvalue weighted by Gasteiger charge is -2.26. The first-order valence-corrected chi connectivity index (χ1v) is 11.5. The fourth-order valence-corrected chi connectivity index (χ4v) is 4.25. The molecule has 0 amide bonds. The summed E-state index contributed by atoms with van der Waals surface area (Å²) >= 11 is 5.75. The zero-order chi connectivity index (χ0) is 23.2. The summed E-state index contributed by atoms with van der Waals surface area (Å²) in [5, 5.41) is 5.05. The molecule has 0 saturated heterocycles. The summed E-state index contributed by atoms with van der Waals surface area (Å²) in [6.45, 7) is 5.80. The van der Waals surface area contributed by atoms with E-state index in [1.807, 2.05) is 60.5 Å². The van der Waals surface area contributed by atoms with Crippen LogP contribution in [0.25, 0.3) is 10.9 Å². The molecule has 0 radical (unpaired) electrons. The highest BCUT2D eigenvalue weighted by Gasteiger charge is 2.15. The molecule has 4 aromatic rings. The van der Waals surface area contributed by atoms with Crippen LogP contribution in [0.2, 0.25) is 0 Å². The quantitative estimate of drug-likeness (QED) is 0.396. The maximum atomic E-state index is 12.9. The van der Waals surface area contributed by atoms with E-state index in [1.165, 1.54) is 5.56 Å². The highest BCUT2D eigenvalue weighted by Crippen LogP contribution is 2.19. The number of hydrogen-bond donors (Lipinski definition) is 2. The Bertz CT molecular complexity index is 1300. The molecule has 0 atom stereocenters. The number of hydrogen-bond acceptors (Lipinski definition) is 3. The summed E-state index contributed by atoms with van der Waals surface area (Å²) in [6, 6.07) is 20.4. The number of pyridine rings is 2. The standard InChI is InChI=1S/C27H28N4OS/c1-19-13-20(2)24-15-23(26(32)30-25(24)14-19)18-31(17-22-9-6-11-28-16-22)27(33)29-12-10-21-7-4-3-5-8-21/h3-9,11,13-16H,10,12,17-18H2,1-2H3,(H,29,33)(H,30,32). The monoisotopic (exact) mass is 456 g/mol. The Labute approximate surface area is 199 Å². The van der Waals surface area contributed by atoms with E-state index in [0.29, 0.717) is 23.8 Å². The molecule has 0 spiro atoms. The number of aryl methyl sites for hydroxylation is 2. The summed E-state index contributed by atoms with van der Waals surface area (Å²) in [7, 11) is 0. The molecular weight excluding hydrogens is 428 g/mol. The zero-order valence-corrected chi connectivity index (χ0v) is 19.8. The molecule has 33 heavy (non-hydrogen) atoms. The topological polar surface area (TPSA) is 61.0 Å². The van der Waals surface area contributed by atoms with E-state index in [4.69, 9.17) is 12.2 Å². The van der Waals surface area contributed by atoms with E-state index in [0.717, 1.165) is 40.6 Å². The maximum Gasteiger partial charge on any atom is 0.253 e. The molecule has 6 heteroatoms. The minimum atomic E-state index is -0.0872. The molecule has 2 aromatic carbocycles. The molecular formula is C27H28N4OS. The van der Waals surface area contributed by atoms with Gasteiger partial charge < -0.3 is 15.2 Å². The summed E-state index contributed by atoms with van der Waals surface area (Å²) in [5.74, 6) is 0. The number of nitrogens with zero attached hydrogens (tertiary/aromatic N) is 2. The summed E-state index contributed by atoms with van der Waals surface area (Å²) in [5.41, 5.74) is 6.03. The number of aromatic amines is 1. The maximum absolute atomic E-state index is 12.9. The van der Waals surface area contributed by atoms with Crippen LogP contribution in [0.5, 0.6) is 0 Å². The normalized spacial score (nSPS) is 10.8. The van der Waals surface area contributed by atoms with Gasteiger partial charge in [-0.15, -0.1) is 0 Å². The molecule has 0 unspecified atom stereocenters. The van der Waals surface area contributed by atoms with Gasteiger partial charge in [-0.3, -0.25) is 9.78 Å². The molecule has 4 rings (SSSR count). The first kappa shape index (κ1) is 22.7. The average molecular weight is 457 g/mol. The summed E-state index contributed by atoms with van der Waals surface area (Å²) in [4.78, 5) is 22.2. The lowest BCUT2D eigenvalue weighted by Crippen LogP contribution is -2.40. The molecule has 0 saturated carbocycles. The number of H-pyrrole nitrogens is 1. The molecule has 2 N–H and O–H groups in total. The molecule has 0 aliphatic heterocycles. The van der Waals surface area contributed by atoms with Crippen molar-refractivity contribution in [2.24, 2.45) is 0 Å². The van der Waals surface area contributed by atoms with Crippen LogP contribution in [0.3, 0.4) is 0 Å². The van der Waals surface area contributed by atoms with Crippen LogP contribution < -0.4 is 10.9 Å². The number of benzene rings is 2. The minimum absolute atomic E-state index is 0.0872. The van der Waals surface area contributed by atoms with Gasteiger partial charge in [0.1, 0.15) is 0 Å². The van der Waals surface area contributed by atoms with E-state index in [-0.39, 0.29) is 5.56 Å². The fourth-order valence-electron chi connectivity index (χ4n) is 4.02. The minimum Gasteiger partial charge on any atom is -0.362 e. The highest BCUT2D eigenvalue weighted by molar-refractivity contribution is 7.80. The highest BCUT2D eigenvalue weighted by atomic mass is 32.1. The Morgan fingerprint density at radius 1 is 1.03 bits per heavy atom. The average Bonchev–Trinajstić information content (AvgIpc) is 2.80. The van der Waals surface area contributed by atoms with Crippen molar-refractivity contribution >= 4 is 28.2 Å². The van der Waals surface area contributed by atoms with Crippen molar-refractivity contribution < 1.29 is 0 Å². The predicted molar refractivity (Wildman–Crippen MR) is 138 cm³/mol. The third-order valence-corrected chi connectivity index (χ3v) is 6.07. The molecule has 2 heterocycles. The van der Waals surface area contributed by atoms with E-state index in [9.17, 15) is 4.79 Å². The Morgan fingerprint density at radius 2 is 1.82 bits per heavy atom. The molecule has 0 bridgehead atoms. The van der Waals surface area contributed by atoms with Crippen molar-refractivity contribution in [3.63, 3.8) is 0 Å². The number of thiocarbonyl (C=S) groups is 1. The van der Waals surface area contributed by atoms with Crippen LogP contribution in [-0.4, -0.2) is 26.5 Å². The Morgan fingerprint density at radius 3 is 2.58 bits per heavy atom. The van der Waals surface area contributed by atoms with Gasteiger partial charge in [0.25, 0.3) is 5.56 Å². The molecule has 0 aliphatic carbocycles. The number of nitrogens with one attached hydrogen (secondary N) is 2. The number of aromatic nitrogens is 2. The van der Waals surface area contributed by atoms with Crippen LogP contribution in [0.15, 0.2) is 77.9 Å². The van der Waals surface area contributed by atoms with E-state index in [2.05, 4.69) is 40.4 Å². The van der Waals surface area contributed by atoms with Gasteiger partial charge in [0, 0.05) is 41.9 Å². The van der Waals surface area contributed by atoms with Gasteiger partial charge >= 0.3 is 0 Å². The molecule has 0 fully saturated rings. The molecule has 2 aromatic heterocycles. The number of fused-ring (bicyclic) bond motifs is 1. The van der Waals surface area contributed by atoms with E-state index < -0.39 is 0 Å². The van der Waals surface area contributed by atoms with Gasteiger partial charge in [-0.2, -0.15) is 0 Å². The van der Waals surface area contributed by atoms with Gasteiger partial charge in [0.15, 0.2) is 5.11 Å². The third kappa shape index (κ3) is 5.84. The van der Waals surface area contributed by atoms with Crippen molar-refractivity contribution in [3.05, 3.63) is 111 Å². The Kier molecular flexibility index (Phi) is 7.15. The molecule has 0 aliphatic rings. The summed E-state index contributed by atoms with van der Waals surface area (Å²) in [6.07, 6.45) is 4.46. The van der Waals surface area contributed by atoms with E-state index in [1.54, 1.807) is 6.20 Å². The Balaban J connectivity index is 1.56. The van der Waals surface area contributed by atoms with Crippen LogP contribution in [0.1, 0.15) is 27.8 Å². The van der Waals surface area contributed by atoms with Crippen LogP contribution >= 0.6 is 12.2 Å².